The molecule has 0 saturated heterocycles. The molecule has 1 aliphatic rings. The van der Waals surface area contributed by atoms with Crippen molar-refractivity contribution in [3.8, 4) is 17.2 Å². The number of hydrogen-bond donors (Lipinski definition) is 0. The minimum absolute atomic E-state index is 0.165. The van der Waals surface area contributed by atoms with Crippen LogP contribution in [-0.4, -0.2) is 28.0 Å². The first kappa shape index (κ1) is 12.9. The topological polar surface area (TPSA) is 67.5 Å². The van der Waals surface area contributed by atoms with E-state index in [1.165, 1.54) is 9.13 Å². The number of rotatable bonds is 3. The zero-order chi connectivity index (χ0) is 15.1. The highest BCUT2D eigenvalue weighted by Gasteiger charge is 2.19. The van der Waals surface area contributed by atoms with Crippen LogP contribution in [0.4, 0.5) is 0 Å². The second kappa shape index (κ2) is 4.88. The van der Waals surface area contributed by atoms with Crippen molar-refractivity contribution < 1.29 is 14.2 Å². The number of ether oxygens (including phenoxy) is 3. The van der Waals surface area contributed by atoms with E-state index < -0.39 is 0 Å². The molecular weight excluding hydrogens is 286 g/mol. The number of nitrogens with zero attached hydrogens (tertiary/aromatic N) is 3. The average Bonchev–Trinajstić information content (AvgIpc) is 3.10. The van der Waals surface area contributed by atoms with Crippen LogP contribution in [0.1, 0.15) is 0 Å². The molecular formula is C15H13N3O4. The SMILES string of the molecule is COCn1c(=O)n(-c2ccc3c(c2)OCO3)c2ncccc21. The van der Waals surface area contributed by atoms with Crippen molar-refractivity contribution >= 4 is 11.2 Å². The van der Waals surface area contributed by atoms with E-state index in [1.807, 2.05) is 6.07 Å². The van der Waals surface area contributed by atoms with Gasteiger partial charge >= 0.3 is 5.69 Å². The van der Waals surface area contributed by atoms with Crippen molar-refractivity contribution in [2.45, 2.75) is 6.73 Å². The molecule has 7 heteroatoms. The molecule has 3 heterocycles. The summed E-state index contributed by atoms with van der Waals surface area (Å²) in [7, 11) is 1.55. The van der Waals surface area contributed by atoms with E-state index >= 15 is 0 Å². The Morgan fingerprint density at radius 2 is 2.14 bits per heavy atom. The van der Waals surface area contributed by atoms with Gasteiger partial charge in [0.2, 0.25) is 6.79 Å². The van der Waals surface area contributed by atoms with Crippen LogP contribution < -0.4 is 15.2 Å². The van der Waals surface area contributed by atoms with Crippen molar-refractivity contribution in [2.75, 3.05) is 13.9 Å². The maximum Gasteiger partial charge on any atom is 0.336 e. The molecule has 7 nitrogen and oxygen atoms in total. The molecule has 0 amide bonds. The van der Waals surface area contributed by atoms with E-state index in [1.54, 1.807) is 37.6 Å². The highest BCUT2D eigenvalue weighted by molar-refractivity contribution is 5.74. The molecule has 2 aromatic heterocycles. The molecule has 0 unspecified atom stereocenters. The minimum atomic E-state index is -0.214. The smallest absolute Gasteiger partial charge is 0.336 e. The van der Waals surface area contributed by atoms with Crippen molar-refractivity contribution in [2.24, 2.45) is 0 Å². The zero-order valence-corrected chi connectivity index (χ0v) is 11.9. The van der Waals surface area contributed by atoms with E-state index in [9.17, 15) is 4.79 Å². The Morgan fingerprint density at radius 1 is 1.27 bits per heavy atom. The van der Waals surface area contributed by atoms with Gasteiger partial charge in [0, 0.05) is 19.4 Å². The fourth-order valence-corrected chi connectivity index (χ4v) is 2.60. The first-order valence-electron chi connectivity index (χ1n) is 6.75. The zero-order valence-electron chi connectivity index (χ0n) is 11.9. The molecule has 0 radical (unpaired) electrons. The maximum atomic E-state index is 12.7. The first-order valence-corrected chi connectivity index (χ1v) is 6.75. The molecule has 1 aromatic carbocycles. The lowest BCUT2D eigenvalue weighted by Gasteiger charge is -2.04. The van der Waals surface area contributed by atoms with Gasteiger partial charge in [-0.2, -0.15) is 0 Å². The summed E-state index contributed by atoms with van der Waals surface area (Å²) in [5, 5.41) is 0. The van der Waals surface area contributed by atoms with Gasteiger partial charge in [-0.05, 0) is 24.3 Å². The van der Waals surface area contributed by atoms with E-state index in [0.29, 0.717) is 28.4 Å². The third-order valence-corrected chi connectivity index (χ3v) is 3.56. The molecule has 0 fully saturated rings. The molecule has 0 aliphatic carbocycles. The number of imidazole rings is 1. The summed E-state index contributed by atoms with van der Waals surface area (Å²) in [6.07, 6.45) is 1.66. The van der Waals surface area contributed by atoms with Gasteiger partial charge in [0.25, 0.3) is 0 Å². The Kier molecular flexibility index (Phi) is 2.87. The predicted octanol–water partition coefficient (Wildman–Crippen LogP) is 1.52. The Morgan fingerprint density at radius 3 is 3.00 bits per heavy atom. The van der Waals surface area contributed by atoms with Crippen LogP contribution in [0.25, 0.3) is 16.9 Å². The highest BCUT2D eigenvalue weighted by Crippen LogP contribution is 2.33. The number of pyridine rings is 1. The standard InChI is InChI=1S/C15H13N3O4/c1-20-8-17-11-3-2-6-16-14(11)18(15(17)19)10-4-5-12-13(7-10)22-9-21-12/h2-7H,8-9H2,1H3. The summed E-state index contributed by atoms with van der Waals surface area (Å²) in [5.41, 5.74) is 1.75. The minimum Gasteiger partial charge on any atom is -0.454 e. The van der Waals surface area contributed by atoms with E-state index in [0.717, 1.165) is 0 Å². The summed E-state index contributed by atoms with van der Waals surface area (Å²) >= 11 is 0. The molecule has 0 atom stereocenters. The lowest BCUT2D eigenvalue weighted by atomic mass is 10.2. The van der Waals surface area contributed by atoms with Crippen LogP contribution >= 0.6 is 0 Å². The molecule has 3 aromatic rings. The quantitative estimate of drug-likeness (QED) is 0.733. The number of fused-ring (bicyclic) bond motifs is 2. The Bertz CT molecular complexity index is 913. The van der Waals surface area contributed by atoms with Crippen LogP contribution in [-0.2, 0) is 11.5 Å². The predicted molar refractivity (Wildman–Crippen MR) is 78.5 cm³/mol. The fourth-order valence-electron chi connectivity index (χ4n) is 2.60. The van der Waals surface area contributed by atoms with Gasteiger partial charge < -0.3 is 14.2 Å². The molecule has 4 rings (SSSR count). The fraction of sp³-hybridized carbons (Fsp3) is 0.200. The molecule has 0 saturated carbocycles. The average molecular weight is 299 g/mol. The number of aromatic nitrogens is 3. The molecule has 0 spiro atoms. The Hall–Kier alpha value is -2.80. The largest absolute Gasteiger partial charge is 0.454 e. The summed E-state index contributed by atoms with van der Waals surface area (Å²) in [6, 6.07) is 8.99. The normalized spacial score (nSPS) is 13.0. The maximum absolute atomic E-state index is 12.7. The van der Waals surface area contributed by atoms with Gasteiger partial charge in [0.1, 0.15) is 6.73 Å². The number of benzene rings is 1. The van der Waals surface area contributed by atoms with Crippen LogP contribution in [0.15, 0.2) is 41.3 Å². The molecule has 112 valence electrons. The van der Waals surface area contributed by atoms with Crippen molar-refractivity contribution in [1.82, 2.24) is 14.1 Å². The molecule has 0 bridgehead atoms. The third kappa shape index (κ3) is 1.79. The van der Waals surface area contributed by atoms with E-state index in [-0.39, 0.29) is 19.2 Å². The lowest BCUT2D eigenvalue weighted by molar-refractivity contribution is 0.131. The summed E-state index contributed by atoms with van der Waals surface area (Å²) < 4.78 is 18.9. The first-order chi connectivity index (χ1) is 10.8. The Labute approximate surface area is 125 Å². The van der Waals surface area contributed by atoms with Crippen LogP contribution in [0, 0.1) is 0 Å². The van der Waals surface area contributed by atoms with Crippen molar-refractivity contribution in [1.29, 1.82) is 0 Å². The van der Waals surface area contributed by atoms with Crippen LogP contribution in [0.5, 0.6) is 11.5 Å². The van der Waals surface area contributed by atoms with Gasteiger partial charge in [-0.1, -0.05) is 0 Å². The van der Waals surface area contributed by atoms with Gasteiger partial charge in [-0.25, -0.2) is 14.3 Å². The second-order valence-electron chi connectivity index (χ2n) is 4.85. The highest BCUT2D eigenvalue weighted by atomic mass is 16.7. The van der Waals surface area contributed by atoms with Crippen LogP contribution in [0.3, 0.4) is 0 Å². The second-order valence-corrected chi connectivity index (χ2v) is 4.85. The third-order valence-electron chi connectivity index (χ3n) is 3.56. The van der Waals surface area contributed by atoms with Gasteiger partial charge in [-0.15, -0.1) is 0 Å². The van der Waals surface area contributed by atoms with Crippen LogP contribution in [0.2, 0.25) is 0 Å². The molecule has 0 N–H and O–H groups in total. The summed E-state index contributed by atoms with van der Waals surface area (Å²) in [5.74, 6) is 1.29. The summed E-state index contributed by atoms with van der Waals surface area (Å²) in [6.45, 7) is 0.357. The van der Waals surface area contributed by atoms with E-state index in [2.05, 4.69) is 4.98 Å². The van der Waals surface area contributed by atoms with Gasteiger partial charge in [-0.3, -0.25) is 4.57 Å². The van der Waals surface area contributed by atoms with Crippen molar-refractivity contribution in [3.63, 3.8) is 0 Å². The Balaban J connectivity index is 1.99. The van der Waals surface area contributed by atoms with Gasteiger partial charge in [0.05, 0.1) is 11.2 Å². The molecule has 1 aliphatic heterocycles. The number of methoxy groups -OCH3 is 1. The monoisotopic (exact) mass is 299 g/mol. The molecule has 22 heavy (non-hydrogen) atoms. The number of hydrogen-bond acceptors (Lipinski definition) is 5. The van der Waals surface area contributed by atoms with Crippen molar-refractivity contribution in [3.05, 3.63) is 47.0 Å². The van der Waals surface area contributed by atoms with Gasteiger partial charge in [0.15, 0.2) is 17.1 Å². The van der Waals surface area contributed by atoms with E-state index in [4.69, 9.17) is 14.2 Å². The summed E-state index contributed by atoms with van der Waals surface area (Å²) in [4.78, 5) is 17.0. The lowest BCUT2D eigenvalue weighted by Crippen LogP contribution is -2.23.